The maximum atomic E-state index is 4.07. The highest BCUT2D eigenvalue weighted by atomic mass is 14.8. The third-order valence-electron chi connectivity index (χ3n) is 1.34. The molecule has 0 aromatic carbocycles. The Bertz CT molecular complexity index is 269. The second-order valence-corrected chi connectivity index (χ2v) is 2.30. The first-order valence-electron chi connectivity index (χ1n) is 4.04. The highest BCUT2D eigenvalue weighted by Crippen LogP contribution is 1.88. The summed E-state index contributed by atoms with van der Waals surface area (Å²) >= 11 is 0. The Balaban J connectivity index is 2.44. The van der Waals surface area contributed by atoms with Crippen molar-refractivity contribution in [1.29, 1.82) is 0 Å². The molecular formula is C10H12N2. The van der Waals surface area contributed by atoms with E-state index >= 15 is 0 Å². The lowest BCUT2D eigenvalue weighted by molar-refractivity contribution is 0.811. The zero-order valence-electron chi connectivity index (χ0n) is 7.17. The molecule has 1 heterocycles. The largest absolute Gasteiger partial charge is 0.306 e. The van der Waals surface area contributed by atoms with Crippen molar-refractivity contribution in [3.8, 4) is 11.8 Å². The van der Waals surface area contributed by atoms with Crippen LogP contribution >= 0.6 is 0 Å². The minimum Gasteiger partial charge on any atom is -0.306 e. The van der Waals surface area contributed by atoms with Crippen LogP contribution in [0.25, 0.3) is 0 Å². The van der Waals surface area contributed by atoms with Crippen LogP contribution in [0.2, 0.25) is 0 Å². The van der Waals surface area contributed by atoms with Crippen LogP contribution in [-0.2, 0) is 0 Å². The van der Waals surface area contributed by atoms with E-state index in [9.17, 15) is 0 Å². The number of hydrogen-bond acceptors (Lipinski definition) is 2. The predicted octanol–water partition coefficient (Wildman–Crippen LogP) is 1.04. The quantitative estimate of drug-likeness (QED) is 0.516. The van der Waals surface area contributed by atoms with Gasteiger partial charge >= 0.3 is 0 Å². The number of aromatic nitrogens is 1. The van der Waals surface area contributed by atoms with Gasteiger partial charge in [-0.25, -0.2) is 4.98 Å². The van der Waals surface area contributed by atoms with Gasteiger partial charge in [-0.15, -0.1) is 0 Å². The fraction of sp³-hybridized carbons (Fsp3) is 0.300. The number of hydrogen-bond donors (Lipinski definition) is 1. The van der Waals surface area contributed by atoms with Gasteiger partial charge in [-0.2, -0.15) is 0 Å². The molecule has 0 fully saturated rings. The van der Waals surface area contributed by atoms with Gasteiger partial charge in [0.25, 0.3) is 0 Å². The zero-order valence-corrected chi connectivity index (χ0v) is 7.17. The molecule has 1 aromatic heterocycles. The Hall–Kier alpha value is -1.33. The highest BCUT2D eigenvalue weighted by Gasteiger charge is 1.81. The van der Waals surface area contributed by atoms with Gasteiger partial charge in [0, 0.05) is 6.20 Å². The molecule has 62 valence electrons. The van der Waals surface area contributed by atoms with E-state index in [1.807, 2.05) is 18.2 Å². The summed E-state index contributed by atoms with van der Waals surface area (Å²) in [5.41, 5.74) is 0.829. The average molecular weight is 160 g/mol. The Morgan fingerprint density at radius 2 is 2.42 bits per heavy atom. The van der Waals surface area contributed by atoms with Gasteiger partial charge < -0.3 is 5.32 Å². The molecule has 0 bridgehead atoms. The first kappa shape index (κ1) is 8.76. The van der Waals surface area contributed by atoms with Crippen LogP contribution in [0.3, 0.4) is 0 Å². The Kier molecular flexibility index (Phi) is 3.90. The molecule has 0 spiro atoms. The Morgan fingerprint density at radius 1 is 1.50 bits per heavy atom. The van der Waals surface area contributed by atoms with Crippen LogP contribution in [-0.4, -0.2) is 18.1 Å². The van der Waals surface area contributed by atoms with Crippen LogP contribution in [0.1, 0.15) is 12.6 Å². The molecule has 0 aliphatic carbocycles. The van der Waals surface area contributed by atoms with Crippen LogP contribution in [0.15, 0.2) is 24.4 Å². The van der Waals surface area contributed by atoms with Crippen molar-refractivity contribution in [2.75, 3.05) is 13.1 Å². The molecule has 0 unspecified atom stereocenters. The summed E-state index contributed by atoms with van der Waals surface area (Å²) in [5, 5.41) is 3.12. The van der Waals surface area contributed by atoms with Crippen LogP contribution in [0, 0.1) is 11.8 Å². The summed E-state index contributed by atoms with van der Waals surface area (Å²) in [4.78, 5) is 4.07. The summed E-state index contributed by atoms with van der Waals surface area (Å²) in [6, 6.07) is 5.72. The molecule has 0 saturated carbocycles. The van der Waals surface area contributed by atoms with E-state index in [1.54, 1.807) is 6.20 Å². The molecule has 0 radical (unpaired) electrons. The van der Waals surface area contributed by atoms with Crippen molar-refractivity contribution in [3.63, 3.8) is 0 Å². The van der Waals surface area contributed by atoms with Crippen molar-refractivity contribution >= 4 is 0 Å². The van der Waals surface area contributed by atoms with E-state index in [0.717, 1.165) is 18.8 Å². The van der Waals surface area contributed by atoms with Crippen molar-refractivity contribution in [1.82, 2.24) is 10.3 Å². The summed E-state index contributed by atoms with van der Waals surface area (Å²) < 4.78 is 0. The molecule has 0 aliphatic rings. The Labute approximate surface area is 73.0 Å². The van der Waals surface area contributed by atoms with E-state index in [1.165, 1.54) is 0 Å². The van der Waals surface area contributed by atoms with E-state index in [0.29, 0.717) is 0 Å². The SMILES string of the molecule is CCNCC#Cc1ccccn1. The van der Waals surface area contributed by atoms with Crippen molar-refractivity contribution in [2.24, 2.45) is 0 Å². The second-order valence-electron chi connectivity index (χ2n) is 2.30. The number of rotatable bonds is 2. The molecule has 0 saturated heterocycles. The average Bonchev–Trinajstić information content (AvgIpc) is 2.14. The molecule has 0 aliphatic heterocycles. The summed E-state index contributed by atoms with van der Waals surface area (Å²) in [7, 11) is 0. The minimum atomic E-state index is 0.729. The topological polar surface area (TPSA) is 24.9 Å². The van der Waals surface area contributed by atoms with Gasteiger partial charge in [0.15, 0.2) is 0 Å². The maximum Gasteiger partial charge on any atom is 0.113 e. The Morgan fingerprint density at radius 3 is 3.08 bits per heavy atom. The molecule has 0 amide bonds. The molecule has 2 nitrogen and oxygen atoms in total. The standard InChI is InChI=1S/C10H12N2/c1-2-11-8-5-7-10-6-3-4-9-12-10/h3-4,6,9,11H,2,8H2,1H3. The van der Waals surface area contributed by atoms with Gasteiger partial charge in [-0.05, 0) is 24.6 Å². The summed E-state index contributed by atoms with van der Waals surface area (Å²) in [6.07, 6.45) is 1.75. The van der Waals surface area contributed by atoms with Gasteiger partial charge in [0.2, 0.25) is 0 Å². The minimum absolute atomic E-state index is 0.729. The van der Waals surface area contributed by atoms with Crippen molar-refractivity contribution < 1.29 is 0 Å². The van der Waals surface area contributed by atoms with E-state index in [4.69, 9.17) is 0 Å². The van der Waals surface area contributed by atoms with E-state index in [-0.39, 0.29) is 0 Å². The number of nitrogens with zero attached hydrogens (tertiary/aromatic N) is 1. The first-order valence-corrected chi connectivity index (χ1v) is 4.04. The normalized spacial score (nSPS) is 8.75. The monoisotopic (exact) mass is 160 g/mol. The lowest BCUT2D eigenvalue weighted by Crippen LogP contribution is -2.11. The molecule has 1 rings (SSSR count). The fourth-order valence-electron chi connectivity index (χ4n) is 0.759. The second kappa shape index (κ2) is 5.34. The van der Waals surface area contributed by atoms with Gasteiger partial charge in [0.05, 0.1) is 6.54 Å². The maximum absolute atomic E-state index is 4.07. The molecule has 1 aromatic rings. The lowest BCUT2D eigenvalue weighted by Gasteiger charge is -1.89. The van der Waals surface area contributed by atoms with Crippen LogP contribution < -0.4 is 5.32 Å². The zero-order chi connectivity index (χ0) is 8.65. The molecular weight excluding hydrogens is 148 g/mol. The molecule has 12 heavy (non-hydrogen) atoms. The van der Waals surface area contributed by atoms with Gasteiger partial charge in [-0.3, -0.25) is 0 Å². The van der Waals surface area contributed by atoms with Crippen LogP contribution in [0.4, 0.5) is 0 Å². The predicted molar refractivity (Wildman–Crippen MR) is 49.7 cm³/mol. The van der Waals surface area contributed by atoms with E-state index < -0.39 is 0 Å². The van der Waals surface area contributed by atoms with Gasteiger partial charge in [0.1, 0.15) is 5.69 Å². The number of nitrogens with one attached hydrogen (secondary N) is 1. The van der Waals surface area contributed by atoms with Gasteiger partial charge in [-0.1, -0.05) is 18.9 Å². The van der Waals surface area contributed by atoms with E-state index in [2.05, 4.69) is 29.1 Å². The summed E-state index contributed by atoms with van der Waals surface area (Å²) in [6.45, 7) is 3.74. The fourth-order valence-corrected chi connectivity index (χ4v) is 0.759. The molecule has 2 heteroatoms. The summed E-state index contributed by atoms with van der Waals surface area (Å²) in [5.74, 6) is 5.93. The van der Waals surface area contributed by atoms with Crippen molar-refractivity contribution in [3.05, 3.63) is 30.1 Å². The van der Waals surface area contributed by atoms with Crippen molar-refractivity contribution in [2.45, 2.75) is 6.92 Å². The molecule has 0 atom stereocenters. The third-order valence-corrected chi connectivity index (χ3v) is 1.34. The lowest BCUT2D eigenvalue weighted by atomic mass is 10.3. The molecule has 1 N–H and O–H groups in total. The first-order chi connectivity index (χ1) is 5.93. The van der Waals surface area contributed by atoms with Crippen LogP contribution in [0.5, 0.6) is 0 Å². The number of pyridine rings is 1. The smallest absolute Gasteiger partial charge is 0.113 e. The highest BCUT2D eigenvalue weighted by molar-refractivity contribution is 5.26. The third kappa shape index (κ3) is 3.18.